The molecule has 32 heavy (non-hydrogen) atoms. The molecule has 0 bridgehead atoms. The number of hydrogen-bond donors (Lipinski definition) is 3. The highest BCUT2D eigenvalue weighted by atomic mass is 32.2. The summed E-state index contributed by atoms with van der Waals surface area (Å²) >= 11 is 0. The van der Waals surface area contributed by atoms with Crippen LogP contribution in [0.4, 0.5) is 5.69 Å². The zero-order valence-corrected chi connectivity index (χ0v) is 17.9. The van der Waals surface area contributed by atoms with E-state index in [1.54, 1.807) is 16.8 Å². The van der Waals surface area contributed by atoms with Gasteiger partial charge in [0.25, 0.3) is 5.91 Å². The smallest absolute Gasteiger partial charge is 0.269 e. The summed E-state index contributed by atoms with van der Waals surface area (Å²) in [5.74, 6) is -0.556. The van der Waals surface area contributed by atoms with Crippen LogP contribution in [0.3, 0.4) is 0 Å². The Hall–Kier alpha value is -3.50. The topological polar surface area (TPSA) is 150 Å². The number of nitrogens with one attached hydrogen (secondary N) is 1. The third-order valence-electron chi connectivity index (χ3n) is 5.85. The predicted molar refractivity (Wildman–Crippen MR) is 118 cm³/mol. The van der Waals surface area contributed by atoms with Crippen molar-refractivity contribution in [3.8, 4) is 16.9 Å². The third kappa shape index (κ3) is 3.57. The number of aromatic nitrogens is 2. The van der Waals surface area contributed by atoms with Crippen LogP contribution in [0.1, 0.15) is 34.5 Å². The second-order valence-corrected chi connectivity index (χ2v) is 9.69. The normalized spacial score (nSPS) is 15.0. The van der Waals surface area contributed by atoms with Crippen molar-refractivity contribution in [2.75, 3.05) is 5.32 Å². The number of anilines is 1. The number of hydrogen-bond acceptors (Lipinski definition) is 5. The Kier molecular flexibility index (Phi) is 4.64. The molecule has 1 heterocycles. The van der Waals surface area contributed by atoms with Gasteiger partial charge < -0.3 is 11.1 Å². The average Bonchev–Trinajstić information content (AvgIpc) is 3.53. The molecule has 2 aromatic carbocycles. The van der Waals surface area contributed by atoms with Crippen LogP contribution in [0.2, 0.25) is 0 Å². The van der Waals surface area contributed by atoms with Crippen molar-refractivity contribution < 1.29 is 18.0 Å². The summed E-state index contributed by atoms with van der Waals surface area (Å²) in [6.45, 7) is 0. The van der Waals surface area contributed by atoms with Crippen LogP contribution in [-0.2, 0) is 27.7 Å². The number of nitrogens with zero attached hydrogens (tertiary/aromatic N) is 2. The number of aryl methyl sites for hydroxylation is 1. The molecule has 10 heteroatoms. The molecular weight excluding hydrogens is 430 g/mol. The summed E-state index contributed by atoms with van der Waals surface area (Å²) in [6.07, 6.45) is 3.10. The summed E-state index contributed by atoms with van der Waals surface area (Å²) in [6, 6.07) is 11.6. The summed E-state index contributed by atoms with van der Waals surface area (Å²) in [5.41, 5.74) is 10.3. The van der Waals surface area contributed by atoms with E-state index in [9.17, 15) is 18.0 Å². The van der Waals surface area contributed by atoms with Gasteiger partial charge in [-0.1, -0.05) is 6.07 Å². The van der Waals surface area contributed by atoms with E-state index in [-0.39, 0.29) is 22.4 Å². The van der Waals surface area contributed by atoms with Crippen molar-refractivity contribution >= 4 is 27.5 Å². The second-order valence-electron chi connectivity index (χ2n) is 8.13. The summed E-state index contributed by atoms with van der Waals surface area (Å²) in [5, 5.41) is 12.6. The summed E-state index contributed by atoms with van der Waals surface area (Å²) in [4.78, 5) is 24.3. The lowest BCUT2D eigenvalue weighted by molar-refractivity contribution is -0.117. The van der Waals surface area contributed by atoms with Gasteiger partial charge in [-0.15, -0.1) is 0 Å². The monoisotopic (exact) mass is 451 g/mol. The average molecular weight is 452 g/mol. The van der Waals surface area contributed by atoms with E-state index < -0.39 is 15.9 Å². The van der Waals surface area contributed by atoms with Crippen LogP contribution in [0, 0.1) is 5.92 Å². The molecule has 1 aromatic heterocycles. The van der Waals surface area contributed by atoms with Crippen molar-refractivity contribution in [2.45, 2.75) is 30.6 Å². The number of sulfonamides is 1. The lowest BCUT2D eigenvalue weighted by Crippen LogP contribution is -2.16. The van der Waals surface area contributed by atoms with Crippen molar-refractivity contribution in [2.24, 2.45) is 16.8 Å². The van der Waals surface area contributed by atoms with Crippen molar-refractivity contribution in [3.63, 3.8) is 0 Å². The number of carbonyl (C=O) groups excluding carboxylic acids is 2. The molecule has 1 saturated carbocycles. The van der Waals surface area contributed by atoms with E-state index >= 15 is 0 Å². The Bertz CT molecular complexity index is 1370. The van der Waals surface area contributed by atoms with Gasteiger partial charge >= 0.3 is 0 Å². The largest absolute Gasteiger partial charge is 0.364 e. The first-order chi connectivity index (χ1) is 15.2. The van der Waals surface area contributed by atoms with Crippen molar-refractivity contribution in [1.82, 2.24) is 9.78 Å². The summed E-state index contributed by atoms with van der Waals surface area (Å²) < 4.78 is 24.8. The van der Waals surface area contributed by atoms with Gasteiger partial charge in [0.05, 0.1) is 16.3 Å². The first-order valence-electron chi connectivity index (χ1n) is 10.2. The third-order valence-corrected chi connectivity index (χ3v) is 6.78. The van der Waals surface area contributed by atoms with Crippen molar-refractivity contribution in [1.29, 1.82) is 0 Å². The molecule has 9 nitrogen and oxygen atoms in total. The Balaban J connectivity index is 1.64. The highest BCUT2D eigenvalue weighted by Gasteiger charge is 2.31. The van der Waals surface area contributed by atoms with Gasteiger partial charge in [-0.25, -0.2) is 18.2 Å². The fourth-order valence-corrected chi connectivity index (χ4v) is 4.58. The Labute approximate surface area is 184 Å². The Morgan fingerprint density at radius 2 is 1.78 bits per heavy atom. The molecule has 2 aliphatic carbocycles. The first-order valence-corrected chi connectivity index (χ1v) is 11.8. The molecule has 5 N–H and O–H groups in total. The van der Waals surface area contributed by atoms with E-state index in [1.807, 2.05) is 18.2 Å². The fourth-order valence-electron chi connectivity index (χ4n) is 4.07. The molecule has 3 aromatic rings. The fraction of sp³-hybridized carbons (Fsp3) is 0.227. The molecule has 0 saturated heterocycles. The number of amides is 2. The first kappa shape index (κ1) is 20.4. The van der Waals surface area contributed by atoms with Gasteiger partial charge in [-0.2, -0.15) is 5.10 Å². The van der Waals surface area contributed by atoms with Gasteiger partial charge in [-0.05, 0) is 67.6 Å². The minimum atomic E-state index is -3.84. The zero-order chi connectivity index (χ0) is 22.6. The lowest BCUT2D eigenvalue weighted by atomic mass is 9.88. The molecule has 0 atom stereocenters. The van der Waals surface area contributed by atoms with Crippen LogP contribution in [0.15, 0.2) is 47.4 Å². The SMILES string of the molecule is NC(=O)c1nn(-c2ccc(S(N)(=O)=O)cc2)c2c1CCc1ccc(NC(=O)C3CC3)cc1-2. The number of primary amides is 1. The maximum Gasteiger partial charge on any atom is 0.269 e. The number of rotatable bonds is 5. The van der Waals surface area contributed by atoms with Gasteiger partial charge in [0, 0.05) is 22.7 Å². The van der Waals surface area contributed by atoms with Gasteiger partial charge in [0.15, 0.2) is 5.69 Å². The number of benzene rings is 2. The van der Waals surface area contributed by atoms with Gasteiger partial charge in [0.1, 0.15) is 0 Å². The highest BCUT2D eigenvalue weighted by Crippen LogP contribution is 2.39. The molecule has 5 rings (SSSR count). The quantitative estimate of drug-likeness (QED) is 0.540. The van der Waals surface area contributed by atoms with E-state index in [0.29, 0.717) is 29.9 Å². The molecule has 0 radical (unpaired) electrons. The minimum absolute atomic E-state index is 0.00546. The highest BCUT2D eigenvalue weighted by molar-refractivity contribution is 7.89. The second kappa shape index (κ2) is 7.28. The maximum absolute atomic E-state index is 12.2. The van der Waals surface area contributed by atoms with Crippen molar-refractivity contribution in [3.05, 3.63) is 59.3 Å². The van der Waals surface area contributed by atoms with Crippen LogP contribution < -0.4 is 16.2 Å². The number of carbonyl (C=O) groups is 2. The zero-order valence-electron chi connectivity index (χ0n) is 17.0. The number of fused-ring (bicyclic) bond motifs is 3. The molecule has 0 aliphatic heterocycles. The van der Waals surface area contributed by atoms with Crippen LogP contribution in [-0.4, -0.2) is 30.0 Å². The van der Waals surface area contributed by atoms with Crippen LogP contribution >= 0.6 is 0 Å². The van der Waals surface area contributed by atoms with Gasteiger partial charge in [0.2, 0.25) is 15.9 Å². The molecule has 0 spiro atoms. The standard InChI is InChI=1S/C22H21N5O4S/c23-21(28)19-17-10-4-12-3-5-14(25-22(29)13-1-2-13)11-18(12)20(17)27(26-19)15-6-8-16(9-7-15)32(24,30)31/h3,5-9,11,13H,1-2,4,10H2,(H2,23,28)(H,25,29)(H2,24,30,31). The van der Waals surface area contributed by atoms with E-state index in [1.165, 1.54) is 12.1 Å². The summed E-state index contributed by atoms with van der Waals surface area (Å²) in [7, 11) is -3.84. The molecular formula is C22H21N5O4S. The van der Waals surface area contributed by atoms with E-state index in [4.69, 9.17) is 10.9 Å². The number of primary sulfonamides is 1. The minimum Gasteiger partial charge on any atom is -0.364 e. The molecule has 164 valence electrons. The maximum atomic E-state index is 12.2. The molecule has 1 fully saturated rings. The molecule has 2 aliphatic rings. The predicted octanol–water partition coefficient (Wildman–Crippen LogP) is 1.73. The number of nitrogens with two attached hydrogens (primary N) is 2. The van der Waals surface area contributed by atoms with Crippen LogP contribution in [0.5, 0.6) is 0 Å². The Morgan fingerprint density at radius 1 is 1.06 bits per heavy atom. The molecule has 0 unspecified atom stereocenters. The van der Waals surface area contributed by atoms with E-state index in [0.717, 1.165) is 29.5 Å². The lowest BCUT2D eigenvalue weighted by Gasteiger charge is -2.20. The van der Waals surface area contributed by atoms with Crippen LogP contribution in [0.25, 0.3) is 16.9 Å². The Morgan fingerprint density at radius 3 is 2.41 bits per heavy atom. The molecule has 2 amide bonds. The van der Waals surface area contributed by atoms with Gasteiger partial charge in [-0.3, -0.25) is 9.59 Å². The van der Waals surface area contributed by atoms with E-state index in [2.05, 4.69) is 10.4 Å².